The smallest absolute Gasteiger partial charge is 0.269 e. The molecular weight excluding hydrogens is 298 g/mol. The number of thiophene rings is 1. The van der Waals surface area contributed by atoms with Crippen LogP contribution in [0.1, 0.15) is 22.1 Å². The number of benzene rings is 1. The zero-order valence-electron chi connectivity index (χ0n) is 11.7. The Morgan fingerprint density at radius 1 is 1.32 bits per heavy atom. The molecule has 0 unspecified atom stereocenters. The number of hydrogen-bond acceptors (Lipinski definition) is 4. The molecule has 2 heterocycles. The molecule has 1 amide bonds. The van der Waals surface area contributed by atoms with E-state index < -0.39 is 6.04 Å². The second-order valence-corrected chi connectivity index (χ2v) is 5.58. The maximum Gasteiger partial charge on any atom is 0.269 e. The molecule has 1 aromatic carbocycles. The lowest BCUT2D eigenvalue weighted by molar-refractivity contribution is 0.0911. The van der Waals surface area contributed by atoms with Crippen LogP contribution in [0.4, 0.5) is 0 Å². The fraction of sp³-hybridized carbons (Fsp3) is 0.125. The third-order valence-corrected chi connectivity index (χ3v) is 4.01. The van der Waals surface area contributed by atoms with E-state index in [9.17, 15) is 9.90 Å². The summed E-state index contributed by atoms with van der Waals surface area (Å²) in [5, 5.41) is 23.1. The van der Waals surface area contributed by atoms with Crippen LogP contribution >= 0.6 is 11.3 Å². The maximum atomic E-state index is 12.3. The molecule has 0 radical (unpaired) electrons. The van der Waals surface area contributed by atoms with Crippen LogP contribution in [-0.4, -0.2) is 27.8 Å². The molecule has 3 aromatic rings. The van der Waals surface area contributed by atoms with Gasteiger partial charge >= 0.3 is 0 Å². The lowest BCUT2D eigenvalue weighted by Gasteiger charge is -2.15. The highest BCUT2D eigenvalue weighted by Gasteiger charge is 2.17. The van der Waals surface area contributed by atoms with Crippen molar-refractivity contribution >= 4 is 17.2 Å². The molecule has 0 spiro atoms. The van der Waals surface area contributed by atoms with Crippen LogP contribution in [0.3, 0.4) is 0 Å². The van der Waals surface area contributed by atoms with Crippen LogP contribution < -0.4 is 5.32 Å². The Morgan fingerprint density at radius 2 is 2.14 bits per heavy atom. The number of aliphatic hydroxyl groups excluding tert-OH is 1. The van der Waals surface area contributed by atoms with Gasteiger partial charge in [0.25, 0.3) is 5.91 Å². The molecule has 22 heavy (non-hydrogen) atoms. The number of H-pyrrole nitrogens is 1. The number of amides is 1. The minimum atomic E-state index is -0.443. The number of carbonyl (C=O) groups excluding carboxylic acids is 1. The number of rotatable bonds is 5. The summed E-state index contributed by atoms with van der Waals surface area (Å²) >= 11 is 1.58. The van der Waals surface area contributed by atoms with Gasteiger partial charge in [0.1, 0.15) is 5.69 Å². The van der Waals surface area contributed by atoms with Crippen LogP contribution in [0.25, 0.3) is 11.3 Å². The largest absolute Gasteiger partial charge is 0.394 e. The topological polar surface area (TPSA) is 78.0 Å². The standard InChI is InChI=1S/C16H15N3O2S/c20-9-15(11-4-2-1-3-5-11)17-16(21)14-8-13(18-19-14)12-6-7-22-10-12/h1-8,10,15,20H,9H2,(H,17,21)(H,18,19)/t15-/m0/s1. The zero-order chi connectivity index (χ0) is 15.4. The van der Waals surface area contributed by atoms with E-state index >= 15 is 0 Å². The third-order valence-electron chi connectivity index (χ3n) is 3.33. The summed E-state index contributed by atoms with van der Waals surface area (Å²) in [6.07, 6.45) is 0. The highest BCUT2D eigenvalue weighted by Crippen LogP contribution is 2.20. The van der Waals surface area contributed by atoms with Gasteiger partial charge in [-0.25, -0.2) is 0 Å². The van der Waals surface area contributed by atoms with Crippen molar-refractivity contribution in [2.75, 3.05) is 6.61 Å². The van der Waals surface area contributed by atoms with Gasteiger partial charge in [-0.05, 0) is 23.1 Å². The average Bonchev–Trinajstić information content (AvgIpc) is 3.23. The second-order valence-electron chi connectivity index (χ2n) is 4.80. The third kappa shape index (κ3) is 3.08. The molecule has 0 fully saturated rings. The molecule has 1 atom stereocenters. The average molecular weight is 313 g/mol. The Labute approximate surface area is 131 Å². The van der Waals surface area contributed by atoms with Crippen molar-refractivity contribution in [3.05, 3.63) is 64.5 Å². The van der Waals surface area contributed by atoms with Crippen molar-refractivity contribution in [3.8, 4) is 11.3 Å². The van der Waals surface area contributed by atoms with Gasteiger partial charge < -0.3 is 10.4 Å². The molecular formula is C16H15N3O2S. The van der Waals surface area contributed by atoms with Crippen molar-refractivity contribution in [2.24, 2.45) is 0 Å². The maximum absolute atomic E-state index is 12.3. The summed E-state index contributed by atoms with van der Waals surface area (Å²) in [6.45, 7) is -0.165. The van der Waals surface area contributed by atoms with E-state index in [1.807, 2.05) is 47.2 Å². The van der Waals surface area contributed by atoms with Gasteiger partial charge in [-0.1, -0.05) is 30.3 Å². The quantitative estimate of drug-likeness (QED) is 0.677. The molecule has 0 bridgehead atoms. The Hall–Kier alpha value is -2.44. The van der Waals surface area contributed by atoms with Crippen molar-refractivity contribution in [1.82, 2.24) is 15.5 Å². The van der Waals surface area contributed by atoms with Gasteiger partial charge in [0.2, 0.25) is 0 Å². The molecule has 0 aliphatic rings. The van der Waals surface area contributed by atoms with Crippen molar-refractivity contribution in [2.45, 2.75) is 6.04 Å². The van der Waals surface area contributed by atoms with E-state index in [1.54, 1.807) is 17.4 Å². The van der Waals surface area contributed by atoms with E-state index in [0.29, 0.717) is 5.69 Å². The Kier molecular flexibility index (Phi) is 4.32. The van der Waals surface area contributed by atoms with E-state index in [4.69, 9.17) is 0 Å². The number of hydrogen-bond donors (Lipinski definition) is 3. The molecule has 2 aromatic heterocycles. The lowest BCUT2D eigenvalue weighted by Crippen LogP contribution is -2.31. The molecule has 0 aliphatic heterocycles. The van der Waals surface area contributed by atoms with Gasteiger partial charge in [0.15, 0.2) is 0 Å². The summed E-state index contributed by atoms with van der Waals surface area (Å²) < 4.78 is 0. The van der Waals surface area contributed by atoms with Crippen LogP contribution in [0.15, 0.2) is 53.2 Å². The van der Waals surface area contributed by atoms with Gasteiger partial charge in [-0.15, -0.1) is 0 Å². The number of carbonyl (C=O) groups is 1. The van der Waals surface area contributed by atoms with E-state index in [-0.39, 0.29) is 12.5 Å². The van der Waals surface area contributed by atoms with Crippen LogP contribution in [0.2, 0.25) is 0 Å². The first-order valence-electron chi connectivity index (χ1n) is 6.82. The molecule has 3 N–H and O–H groups in total. The monoisotopic (exact) mass is 313 g/mol. The molecule has 6 heteroatoms. The molecule has 0 saturated heterocycles. The normalized spacial score (nSPS) is 12.0. The number of nitrogens with zero attached hydrogens (tertiary/aromatic N) is 1. The first-order chi connectivity index (χ1) is 10.8. The van der Waals surface area contributed by atoms with Crippen molar-refractivity contribution in [1.29, 1.82) is 0 Å². The highest BCUT2D eigenvalue weighted by atomic mass is 32.1. The van der Waals surface area contributed by atoms with Crippen molar-refractivity contribution in [3.63, 3.8) is 0 Å². The fourth-order valence-corrected chi connectivity index (χ4v) is 2.80. The summed E-state index contributed by atoms with van der Waals surface area (Å²) in [6, 6.07) is 12.6. The van der Waals surface area contributed by atoms with Gasteiger partial charge in [0.05, 0.1) is 18.3 Å². The number of aromatic nitrogens is 2. The van der Waals surface area contributed by atoms with Crippen LogP contribution in [0, 0.1) is 0 Å². The number of nitrogens with one attached hydrogen (secondary N) is 2. The van der Waals surface area contributed by atoms with Crippen LogP contribution in [-0.2, 0) is 0 Å². The van der Waals surface area contributed by atoms with E-state index in [2.05, 4.69) is 15.5 Å². The molecule has 0 aliphatic carbocycles. The van der Waals surface area contributed by atoms with Crippen molar-refractivity contribution < 1.29 is 9.90 Å². The minimum absolute atomic E-state index is 0.165. The minimum Gasteiger partial charge on any atom is -0.394 e. The summed E-state index contributed by atoms with van der Waals surface area (Å²) in [5.74, 6) is -0.295. The highest BCUT2D eigenvalue weighted by molar-refractivity contribution is 7.08. The first-order valence-corrected chi connectivity index (χ1v) is 7.77. The van der Waals surface area contributed by atoms with E-state index in [0.717, 1.165) is 16.8 Å². The predicted molar refractivity (Wildman–Crippen MR) is 85.6 cm³/mol. The van der Waals surface area contributed by atoms with Gasteiger partial charge in [0, 0.05) is 10.9 Å². The molecule has 0 saturated carbocycles. The predicted octanol–water partition coefficient (Wildman–Crippen LogP) is 2.60. The lowest BCUT2D eigenvalue weighted by atomic mass is 10.1. The number of aromatic amines is 1. The summed E-state index contributed by atoms with van der Waals surface area (Å²) in [7, 11) is 0. The van der Waals surface area contributed by atoms with Crippen LogP contribution in [0.5, 0.6) is 0 Å². The Balaban J connectivity index is 1.74. The SMILES string of the molecule is O=C(N[C@@H](CO)c1ccccc1)c1cc(-c2ccsc2)n[nH]1. The second kappa shape index (κ2) is 6.55. The van der Waals surface area contributed by atoms with Gasteiger partial charge in [-0.2, -0.15) is 16.4 Å². The fourth-order valence-electron chi connectivity index (χ4n) is 2.15. The molecule has 3 rings (SSSR count). The van der Waals surface area contributed by atoms with E-state index in [1.165, 1.54) is 0 Å². The summed E-state index contributed by atoms with van der Waals surface area (Å²) in [5.41, 5.74) is 2.93. The molecule has 112 valence electrons. The summed E-state index contributed by atoms with van der Waals surface area (Å²) in [4.78, 5) is 12.3. The van der Waals surface area contributed by atoms with Gasteiger partial charge in [-0.3, -0.25) is 9.89 Å². The first kappa shape index (κ1) is 14.5. The molecule has 5 nitrogen and oxygen atoms in total. The Bertz CT molecular complexity index is 738. The zero-order valence-corrected chi connectivity index (χ0v) is 12.5. The Morgan fingerprint density at radius 3 is 2.82 bits per heavy atom. The number of aliphatic hydroxyl groups is 1.